The summed E-state index contributed by atoms with van der Waals surface area (Å²) in [6.45, 7) is 0.499. The first-order chi connectivity index (χ1) is 18.0. The summed E-state index contributed by atoms with van der Waals surface area (Å²) in [4.78, 5) is 24.4. The van der Waals surface area contributed by atoms with E-state index in [2.05, 4.69) is 0 Å². The molecule has 0 aliphatic heterocycles. The summed E-state index contributed by atoms with van der Waals surface area (Å²) in [6, 6.07) is 34.5. The quantitative estimate of drug-likeness (QED) is 0.227. The number of Topliss-reactive ketones (excluding diaryl/α,β-unsaturated/α-hetero) is 1. The Balaban J connectivity index is 1.33. The van der Waals surface area contributed by atoms with Gasteiger partial charge in [0.2, 0.25) is 0 Å². The fourth-order valence-electron chi connectivity index (χ4n) is 4.20. The molecule has 4 rings (SSSR count). The number of ketones is 1. The Hall–Kier alpha value is -4.22. The number of carbonyl (C=O) groups excluding carboxylic acids is 1. The molecule has 0 saturated heterocycles. The van der Waals surface area contributed by atoms with Gasteiger partial charge in [-0.1, -0.05) is 97.1 Å². The minimum absolute atomic E-state index is 0.123. The second-order valence-electron chi connectivity index (χ2n) is 9.01. The van der Waals surface area contributed by atoms with Crippen LogP contribution in [0.1, 0.15) is 35.6 Å². The number of aliphatic hydroxyl groups excluding tert-OH is 1. The Bertz CT molecular complexity index is 1280. The van der Waals surface area contributed by atoms with Crippen molar-refractivity contribution in [1.82, 2.24) is 0 Å². The molecule has 2 N–H and O–H groups in total. The molecule has 5 heteroatoms. The van der Waals surface area contributed by atoms with Crippen LogP contribution < -0.4 is 4.74 Å². The molecule has 2 atom stereocenters. The number of hydrogen-bond donors (Lipinski definition) is 2. The van der Waals surface area contributed by atoms with Gasteiger partial charge in [0.25, 0.3) is 0 Å². The van der Waals surface area contributed by atoms with E-state index in [-0.39, 0.29) is 18.6 Å². The molecule has 4 aromatic rings. The third-order valence-corrected chi connectivity index (χ3v) is 6.38. The topological polar surface area (TPSA) is 83.8 Å². The van der Waals surface area contributed by atoms with Crippen LogP contribution in [0, 0.1) is 5.92 Å². The first-order valence-corrected chi connectivity index (χ1v) is 12.3. The molecular weight excluding hydrogens is 464 g/mol. The van der Waals surface area contributed by atoms with Crippen LogP contribution in [0.3, 0.4) is 0 Å². The van der Waals surface area contributed by atoms with Crippen LogP contribution in [-0.2, 0) is 22.6 Å². The number of aliphatic carboxylic acids is 1. The zero-order valence-corrected chi connectivity index (χ0v) is 20.5. The van der Waals surface area contributed by atoms with E-state index >= 15 is 0 Å². The van der Waals surface area contributed by atoms with Gasteiger partial charge in [-0.3, -0.25) is 9.59 Å². The predicted octanol–water partition coefficient (Wildman–Crippen LogP) is 6.26. The fraction of sp³-hybridized carbons (Fsp3) is 0.188. The third kappa shape index (κ3) is 7.38. The lowest BCUT2D eigenvalue weighted by atomic mass is 9.90. The monoisotopic (exact) mass is 494 g/mol. The van der Waals surface area contributed by atoms with Crippen LogP contribution in [0.25, 0.3) is 11.1 Å². The lowest BCUT2D eigenvalue weighted by Gasteiger charge is -2.17. The Morgan fingerprint density at radius 1 is 0.703 bits per heavy atom. The number of aryl methyl sites for hydroxylation is 1. The van der Waals surface area contributed by atoms with Crippen molar-refractivity contribution >= 4 is 11.8 Å². The maximum atomic E-state index is 12.6. The van der Waals surface area contributed by atoms with E-state index < -0.39 is 18.0 Å². The molecule has 37 heavy (non-hydrogen) atoms. The SMILES string of the molecule is O=C(O)C(CC(O)c1ccc(-c2ccc(OCc3ccccc3)cc2)cc1)C(=O)CCc1ccccc1. The van der Waals surface area contributed by atoms with Crippen molar-refractivity contribution in [3.63, 3.8) is 0 Å². The van der Waals surface area contributed by atoms with Crippen LogP contribution in [0.4, 0.5) is 0 Å². The summed E-state index contributed by atoms with van der Waals surface area (Å²) >= 11 is 0. The molecule has 0 heterocycles. The highest BCUT2D eigenvalue weighted by molar-refractivity contribution is 5.98. The van der Waals surface area contributed by atoms with Crippen molar-refractivity contribution in [2.24, 2.45) is 5.92 Å². The highest BCUT2D eigenvalue weighted by Gasteiger charge is 2.29. The summed E-state index contributed by atoms with van der Waals surface area (Å²) in [7, 11) is 0. The normalized spacial score (nSPS) is 12.5. The van der Waals surface area contributed by atoms with E-state index in [0.29, 0.717) is 18.6 Å². The molecule has 0 fully saturated rings. The highest BCUT2D eigenvalue weighted by Crippen LogP contribution is 2.28. The Kier molecular flexibility index (Phi) is 8.84. The van der Waals surface area contributed by atoms with Crippen molar-refractivity contribution in [2.45, 2.75) is 32.0 Å². The second kappa shape index (κ2) is 12.7. The van der Waals surface area contributed by atoms with E-state index in [1.807, 2.05) is 97.1 Å². The van der Waals surface area contributed by atoms with Crippen LogP contribution in [0.2, 0.25) is 0 Å². The zero-order chi connectivity index (χ0) is 26.0. The highest BCUT2D eigenvalue weighted by atomic mass is 16.5. The molecule has 2 unspecified atom stereocenters. The molecule has 0 spiro atoms. The molecule has 0 aliphatic carbocycles. The van der Waals surface area contributed by atoms with Crippen molar-refractivity contribution in [2.75, 3.05) is 0 Å². The summed E-state index contributed by atoms with van der Waals surface area (Å²) in [5, 5.41) is 20.3. The van der Waals surface area contributed by atoms with Gasteiger partial charge < -0.3 is 14.9 Å². The van der Waals surface area contributed by atoms with E-state index in [4.69, 9.17) is 4.74 Å². The molecule has 0 bridgehead atoms. The maximum Gasteiger partial charge on any atom is 0.314 e. The van der Waals surface area contributed by atoms with Gasteiger partial charge in [0, 0.05) is 6.42 Å². The van der Waals surface area contributed by atoms with Crippen LogP contribution in [0.5, 0.6) is 5.75 Å². The smallest absolute Gasteiger partial charge is 0.314 e. The molecule has 0 aromatic heterocycles. The van der Waals surface area contributed by atoms with Gasteiger partial charge in [-0.2, -0.15) is 0 Å². The van der Waals surface area contributed by atoms with Gasteiger partial charge in [-0.15, -0.1) is 0 Å². The number of carboxylic acids is 1. The van der Waals surface area contributed by atoms with Crippen LogP contribution >= 0.6 is 0 Å². The molecule has 0 radical (unpaired) electrons. The summed E-state index contributed by atoms with van der Waals surface area (Å²) < 4.78 is 5.84. The van der Waals surface area contributed by atoms with Crippen molar-refractivity contribution in [3.8, 4) is 16.9 Å². The van der Waals surface area contributed by atoms with Gasteiger partial charge in [0.1, 0.15) is 24.1 Å². The van der Waals surface area contributed by atoms with E-state index in [1.165, 1.54) is 0 Å². The minimum atomic E-state index is -1.25. The molecular formula is C32H30O5. The number of rotatable bonds is 12. The predicted molar refractivity (Wildman–Crippen MR) is 143 cm³/mol. The average Bonchev–Trinajstić information content (AvgIpc) is 2.94. The fourth-order valence-corrected chi connectivity index (χ4v) is 4.20. The molecule has 0 saturated carbocycles. The van der Waals surface area contributed by atoms with Crippen molar-refractivity contribution < 1.29 is 24.5 Å². The van der Waals surface area contributed by atoms with Gasteiger partial charge in [-0.05, 0) is 52.8 Å². The average molecular weight is 495 g/mol. The lowest BCUT2D eigenvalue weighted by molar-refractivity contribution is -0.147. The standard InChI is InChI=1S/C32H30O5/c33-30(20-11-23-7-3-1-4-8-23)29(32(35)36)21-31(34)27-14-12-25(13-15-27)26-16-18-28(19-17-26)37-22-24-9-5-2-6-10-24/h1-10,12-19,29,31,34H,11,20-22H2,(H,35,36). The molecule has 0 aliphatic rings. The van der Waals surface area contributed by atoms with Gasteiger partial charge >= 0.3 is 5.97 Å². The zero-order valence-electron chi connectivity index (χ0n) is 20.5. The first kappa shape index (κ1) is 25.9. The van der Waals surface area contributed by atoms with Crippen molar-refractivity contribution in [3.05, 3.63) is 126 Å². The number of hydrogen-bond acceptors (Lipinski definition) is 4. The minimum Gasteiger partial charge on any atom is -0.489 e. The van der Waals surface area contributed by atoms with E-state index in [1.54, 1.807) is 12.1 Å². The van der Waals surface area contributed by atoms with Gasteiger partial charge in [-0.25, -0.2) is 0 Å². The first-order valence-electron chi connectivity index (χ1n) is 12.3. The number of carbonyl (C=O) groups is 2. The van der Waals surface area contributed by atoms with E-state index in [9.17, 15) is 19.8 Å². The second-order valence-corrected chi connectivity index (χ2v) is 9.01. The van der Waals surface area contributed by atoms with Gasteiger partial charge in [0.15, 0.2) is 0 Å². The summed E-state index contributed by atoms with van der Waals surface area (Å²) in [6.07, 6.45) is -0.609. The molecule has 5 nitrogen and oxygen atoms in total. The largest absolute Gasteiger partial charge is 0.489 e. The number of ether oxygens (including phenoxy) is 1. The Morgan fingerprint density at radius 3 is 1.81 bits per heavy atom. The molecule has 4 aromatic carbocycles. The summed E-state index contributed by atoms with van der Waals surface area (Å²) in [5.74, 6) is -2.05. The van der Waals surface area contributed by atoms with E-state index in [0.717, 1.165) is 28.0 Å². The van der Waals surface area contributed by atoms with Gasteiger partial charge in [0.05, 0.1) is 6.10 Å². The number of aliphatic hydroxyl groups is 1. The number of carboxylic acid groups (broad SMARTS) is 1. The van der Waals surface area contributed by atoms with Crippen LogP contribution in [-0.4, -0.2) is 22.0 Å². The lowest BCUT2D eigenvalue weighted by Crippen LogP contribution is -2.26. The Morgan fingerprint density at radius 2 is 1.24 bits per heavy atom. The van der Waals surface area contributed by atoms with Crippen LogP contribution in [0.15, 0.2) is 109 Å². The number of benzene rings is 4. The molecule has 0 amide bonds. The maximum absolute atomic E-state index is 12.6. The molecule has 188 valence electrons. The van der Waals surface area contributed by atoms with Crippen molar-refractivity contribution in [1.29, 1.82) is 0 Å². The third-order valence-electron chi connectivity index (χ3n) is 6.38. The summed E-state index contributed by atoms with van der Waals surface area (Å²) in [5.41, 5.74) is 4.61. The Labute approximate surface area is 217 Å².